The molecule has 2 heterocycles. The Morgan fingerprint density at radius 1 is 1.15 bits per heavy atom. The van der Waals surface area contributed by atoms with Crippen molar-refractivity contribution in [3.8, 4) is 0 Å². The molecule has 1 aromatic heterocycles. The first-order valence-corrected chi connectivity index (χ1v) is 9.02. The number of carbonyl (C=O) groups is 2. The quantitative estimate of drug-likeness (QED) is 0.661. The van der Waals surface area contributed by atoms with Gasteiger partial charge in [-0.2, -0.15) is 5.10 Å². The molecule has 138 valence electrons. The third kappa shape index (κ3) is 4.05. The van der Waals surface area contributed by atoms with Gasteiger partial charge in [-0.05, 0) is 56.3 Å². The number of piperidine rings is 1. The molecule has 0 unspecified atom stereocenters. The van der Waals surface area contributed by atoms with Gasteiger partial charge in [0.2, 0.25) is 5.91 Å². The zero-order chi connectivity index (χ0) is 18.4. The molecular formula is C18H22ClN5O2. The van der Waals surface area contributed by atoms with Crippen LogP contribution in [0.2, 0.25) is 5.02 Å². The van der Waals surface area contributed by atoms with Crippen LogP contribution < -0.4 is 16.0 Å². The van der Waals surface area contributed by atoms with E-state index in [0.29, 0.717) is 36.5 Å². The highest BCUT2D eigenvalue weighted by atomic mass is 35.5. The van der Waals surface area contributed by atoms with Gasteiger partial charge in [0.05, 0.1) is 0 Å². The van der Waals surface area contributed by atoms with Crippen molar-refractivity contribution >= 4 is 23.4 Å². The predicted octanol–water partition coefficient (Wildman–Crippen LogP) is 1.16. The first-order valence-electron chi connectivity index (χ1n) is 8.65. The van der Waals surface area contributed by atoms with Gasteiger partial charge in [0, 0.05) is 36.1 Å². The maximum Gasteiger partial charge on any atom is 0.251 e. The van der Waals surface area contributed by atoms with Crippen molar-refractivity contribution in [2.75, 3.05) is 26.2 Å². The van der Waals surface area contributed by atoms with E-state index in [-0.39, 0.29) is 11.8 Å². The van der Waals surface area contributed by atoms with Gasteiger partial charge in [-0.15, -0.1) is 0 Å². The summed E-state index contributed by atoms with van der Waals surface area (Å²) in [7, 11) is 0. The van der Waals surface area contributed by atoms with Crippen molar-refractivity contribution in [1.82, 2.24) is 25.7 Å². The van der Waals surface area contributed by atoms with Crippen LogP contribution in [0, 0.1) is 0 Å². The highest BCUT2D eigenvalue weighted by molar-refractivity contribution is 6.30. The van der Waals surface area contributed by atoms with Crippen molar-refractivity contribution in [3.05, 3.63) is 53.3 Å². The van der Waals surface area contributed by atoms with Crippen LogP contribution in [0.25, 0.3) is 0 Å². The Morgan fingerprint density at radius 2 is 1.85 bits per heavy atom. The normalized spacial score (nSPS) is 16.0. The van der Waals surface area contributed by atoms with Crippen molar-refractivity contribution in [1.29, 1.82) is 0 Å². The zero-order valence-electron chi connectivity index (χ0n) is 14.4. The minimum atomic E-state index is -0.672. The molecule has 0 spiro atoms. The molecule has 0 radical (unpaired) electrons. The van der Waals surface area contributed by atoms with Crippen molar-refractivity contribution in [2.45, 2.75) is 18.4 Å². The predicted molar refractivity (Wildman–Crippen MR) is 99.1 cm³/mol. The number of nitrogens with one attached hydrogen (secondary N) is 3. The van der Waals surface area contributed by atoms with Crippen LogP contribution in [0.4, 0.5) is 0 Å². The average molecular weight is 376 g/mol. The molecule has 0 bridgehead atoms. The van der Waals surface area contributed by atoms with Gasteiger partial charge < -0.3 is 16.0 Å². The lowest BCUT2D eigenvalue weighted by Gasteiger charge is -2.36. The monoisotopic (exact) mass is 375 g/mol. The SMILES string of the molecule is O=C(NCCNC(=O)C1(n2cccn2)CCNCC1)c1ccc(Cl)cc1. The first kappa shape index (κ1) is 18.4. The second-order valence-corrected chi connectivity index (χ2v) is 6.69. The largest absolute Gasteiger partial charge is 0.352 e. The lowest BCUT2D eigenvalue weighted by atomic mass is 9.87. The number of aromatic nitrogens is 2. The van der Waals surface area contributed by atoms with E-state index in [0.717, 1.165) is 13.1 Å². The molecule has 1 saturated heterocycles. The molecule has 7 nitrogen and oxygen atoms in total. The van der Waals surface area contributed by atoms with E-state index in [1.165, 1.54) is 0 Å². The minimum Gasteiger partial charge on any atom is -0.352 e. The van der Waals surface area contributed by atoms with Gasteiger partial charge in [0.25, 0.3) is 5.91 Å². The lowest BCUT2D eigenvalue weighted by Crippen LogP contribution is -2.55. The van der Waals surface area contributed by atoms with Crippen molar-refractivity contribution in [3.63, 3.8) is 0 Å². The van der Waals surface area contributed by atoms with E-state index in [9.17, 15) is 9.59 Å². The van der Waals surface area contributed by atoms with E-state index in [2.05, 4.69) is 21.0 Å². The summed E-state index contributed by atoms with van der Waals surface area (Å²) >= 11 is 5.82. The summed E-state index contributed by atoms with van der Waals surface area (Å²) in [5.74, 6) is -0.261. The summed E-state index contributed by atoms with van der Waals surface area (Å²) in [5.41, 5.74) is -0.137. The van der Waals surface area contributed by atoms with Crippen molar-refractivity contribution < 1.29 is 9.59 Å². The van der Waals surface area contributed by atoms with Crippen LogP contribution in [0.15, 0.2) is 42.7 Å². The summed E-state index contributed by atoms with van der Waals surface area (Å²) in [6.45, 7) is 2.23. The number of amides is 2. The standard InChI is InChI=1S/C18H22ClN5O2/c19-15-4-2-14(3-5-15)16(25)21-11-12-22-17(26)18(6-9-20-10-7-18)24-13-1-8-23-24/h1-5,8,13,20H,6-7,9-12H2,(H,21,25)(H,22,26). The summed E-state index contributed by atoms with van der Waals surface area (Å²) < 4.78 is 1.75. The van der Waals surface area contributed by atoms with E-state index in [1.807, 2.05) is 12.3 Å². The van der Waals surface area contributed by atoms with Crippen LogP contribution >= 0.6 is 11.6 Å². The Labute approximate surface area is 157 Å². The van der Waals surface area contributed by atoms with Gasteiger partial charge in [0.15, 0.2) is 0 Å². The molecule has 1 aliphatic rings. The summed E-state index contributed by atoms with van der Waals surface area (Å²) in [6.07, 6.45) is 4.87. The highest BCUT2D eigenvalue weighted by Crippen LogP contribution is 2.26. The van der Waals surface area contributed by atoms with E-state index in [4.69, 9.17) is 11.6 Å². The van der Waals surface area contributed by atoms with Crippen LogP contribution in [-0.2, 0) is 10.3 Å². The van der Waals surface area contributed by atoms with E-state index in [1.54, 1.807) is 35.1 Å². The number of rotatable bonds is 6. The number of halogens is 1. The van der Waals surface area contributed by atoms with E-state index < -0.39 is 5.54 Å². The Kier molecular flexibility index (Phi) is 5.90. The molecule has 8 heteroatoms. The fourth-order valence-electron chi connectivity index (χ4n) is 3.14. The zero-order valence-corrected chi connectivity index (χ0v) is 15.1. The van der Waals surface area contributed by atoms with Crippen LogP contribution in [0.3, 0.4) is 0 Å². The minimum absolute atomic E-state index is 0.0663. The molecule has 1 aliphatic heterocycles. The van der Waals surface area contributed by atoms with Gasteiger partial charge in [-0.1, -0.05) is 11.6 Å². The number of hydrogen-bond donors (Lipinski definition) is 3. The molecule has 2 amide bonds. The molecule has 0 aliphatic carbocycles. The fourth-order valence-corrected chi connectivity index (χ4v) is 3.27. The number of carbonyl (C=O) groups excluding carboxylic acids is 2. The molecular weight excluding hydrogens is 354 g/mol. The third-order valence-corrected chi connectivity index (χ3v) is 4.85. The smallest absolute Gasteiger partial charge is 0.251 e. The van der Waals surface area contributed by atoms with Gasteiger partial charge in [-0.3, -0.25) is 14.3 Å². The van der Waals surface area contributed by atoms with Crippen LogP contribution in [-0.4, -0.2) is 47.8 Å². The Bertz CT molecular complexity index is 739. The Morgan fingerprint density at radius 3 is 2.50 bits per heavy atom. The van der Waals surface area contributed by atoms with Gasteiger partial charge in [-0.25, -0.2) is 0 Å². The number of nitrogens with zero attached hydrogens (tertiary/aromatic N) is 2. The second-order valence-electron chi connectivity index (χ2n) is 6.25. The lowest BCUT2D eigenvalue weighted by molar-refractivity contribution is -0.131. The first-order chi connectivity index (χ1) is 12.6. The molecule has 3 N–H and O–H groups in total. The van der Waals surface area contributed by atoms with Crippen molar-refractivity contribution in [2.24, 2.45) is 0 Å². The maximum absolute atomic E-state index is 12.8. The molecule has 1 aromatic carbocycles. The summed E-state index contributed by atoms with van der Waals surface area (Å²) in [6, 6.07) is 8.49. The molecule has 2 aromatic rings. The molecule has 0 saturated carbocycles. The van der Waals surface area contributed by atoms with Crippen LogP contribution in [0.1, 0.15) is 23.2 Å². The molecule has 1 fully saturated rings. The molecule has 3 rings (SSSR count). The number of hydrogen-bond acceptors (Lipinski definition) is 4. The van der Waals surface area contributed by atoms with Gasteiger partial charge >= 0.3 is 0 Å². The maximum atomic E-state index is 12.8. The van der Waals surface area contributed by atoms with Crippen LogP contribution in [0.5, 0.6) is 0 Å². The Balaban J connectivity index is 1.52. The topological polar surface area (TPSA) is 88.1 Å². The fraction of sp³-hybridized carbons (Fsp3) is 0.389. The second kappa shape index (κ2) is 8.33. The number of benzene rings is 1. The highest BCUT2D eigenvalue weighted by Gasteiger charge is 2.41. The van der Waals surface area contributed by atoms with Gasteiger partial charge in [0.1, 0.15) is 5.54 Å². The van der Waals surface area contributed by atoms with E-state index >= 15 is 0 Å². The molecule has 0 atom stereocenters. The third-order valence-electron chi connectivity index (χ3n) is 4.60. The molecule has 26 heavy (non-hydrogen) atoms. The average Bonchev–Trinajstić information content (AvgIpc) is 3.21. The summed E-state index contributed by atoms with van der Waals surface area (Å²) in [4.78, 5) is 24.9. The summed E-state index contributed by atoms with van der Waals surface area (Å²) in [5, 5.41) is 13.9. The Hall–Kier alpha value is -2.38.